The zero-order valence-corrected chi connectivity index (χ0v) is 21.7. The molecule has 2 heterocycles. The number of benzene rings is 2. The molecule has 0 aliphatic heterocycles. The molecule has 0 saturated carbocycles. The van der Waals surface area contributed by atoms with Crippen LogP contribution in [0.15, 0.2) is 62.7 Å². The van der Waals surface area contributed by atoms with Gasteiger partial charge in [-0.25, -0.2) is 5.43 Å². The quantitative estimate of drug-likeness (QED) is 0.350. The second kappa shape index (κ2) is 10.1. The van der Waals surface area contributed by atoms with E-state index in [1.54, 1.807) is 18.2 Å². The van der Waals surface area contributed by atoms with Crippen LogP contribution in [0.2, 0.25) is 0 Å². The molecule has 5 rings (SSSR count). The molecule has 190 valence electrons. The first kappa shape index (κ1) is 24.6. The second-order valence-electron chi connectivity index (χ2n) is 9.77. The predicted octanol–water partition coefficient (Wildman–Crippen LogP) is 5.62. The Hall–Kier alpha value is -4.13. The van der Waals surface area contributed by atoms with Gasteiger partial charge in [-0.2, -0.15) is 5.10 Å². The van der Waals surface area contributed by atoms with Crippen molar-refractivity contribution in [1.29, 1.82) is 0 Å². The van der Waals surface area contributed by atoms with Crippen LogP contribution in [0.4, 0.5) is 0 Å². The van der Waals surface area contributed by atoms with Gasteiger partial charge in [0.2, 0.25) is 5.91 Å². The number of nitrogens with zero attached hydrogens (tertiary/aromatic N) is 2. The van der Waals surface area contributed by atoms with E-state index in [2.05, 4.69) is 10.5 Å². The Labute approximate surface area is 216 Å². The van der Waals surface area contributed by atoms with E-state index in [0.29, 0.717) is 18.7 Å². The number of fused-ring (bicyclic) bond motifs is 2. The molecule has 37 heavy (non-hydrogen) atoms. The van der Waals surface area contributed by atoms with Gasteiger partial charge in [-0.1, -0.05) is 42.5 Å². The lowest BCUT2D eigenvalue weighted by atomic mass is 9.93. The summed E-state index contributed by atoms with van der Waals surface area (Å²) in [4.78, 5) is 27.6. The third-order valence-corrected chi connectivity index (χ3v) is 7.14. The number of rotatable bonds is 6. The number of hydrogen-bond acceptors (Lipinski definition) is 5. The number of carbonyl (C=O) groups excluding carboxylic acids is 2. The van der Waals surface area contributed by atoms with Gasteiger partial charge in [-0.15, -0.1) is 0 Å². The Balaban J connectivity index is 1.32. The maximum Gasteiger partial charge on any atom is 0.289 e. The Morgan fingerprint density at radius 2 is 1.81 bits per heavy atom. The average molecular weight is 498 g/mol. The summed E-state index contributed by atoms with van der Waals surface area (Å²) in [6.07, 6.45) is 4.09. The molecular weight excluding hydrogens is 466 g/mol. The van der Waals surface area contributed by atoms with Gasteiger partial charge in [0, 0.05) is 42.1 Å². The van der Waals surface area contributed by atoms with Gasteiger partial charge in [0.05, 0.1) is 18.4 Å². The average Bonchev–Trinajstić information content (AvgIpc) is 3.46. The van der Waals surface area contributed by atoms with Crippen LogP contribution in [0.1, 0.15) is 62.5 Å². The highest BCUT2D eigenvalue weighted by atomic mass is 16.4. The molecule has 1 N–H and O–H groups in total. The van der Waals surface area contributed by atoms with Crippen molar-refractivity contribution < 1.29 is 18.4 Å². The summed E-state index contributed by atoms with van der Waals surface area (Å²) >= 11 is 0. The molecular formula is C30H31N3O4. The normalized spacial score (nSPS) is 14.1. The second-order valence-corrected chi connectivity index (χ2v) is 9.77. The van der Waals surface area contributed by atoms with E-state index >= 15 is 0 Å². The molecule has 7 nitrogen and oxygen atoms in total. The van der Waals surface area contributed by atoms with Crippen LogP contribution >= 0.6 is 0 Å². The molecule has 7 heteroatoms. The van der Waals surface area contributed by atoms with Gasteiger partial charge in [0.15, 0.2) is 5.76 Å². The first-order chi connectivity index (χ1) is 17.8. The summed E-state index contributed by atoms with van der Waals surface area (Å²) in [6.45, 7) is 6.43. The van der Waals surface area contributed by atoms with Crippen molar-refractivity contribution in [2.45, 2.75) is 53.0 Å². The fourth-order valence-electron chi connectivity index (χ4n) is 4.95. The number of hydrogen-bond donors (Lipinski definition) is 1. The molecule has 0 spiro atoms. The number of nitrogens with one attached hydrogen (secondary N) is 1. The number of aryl methyl sites for hydroxylation is 3. The first-order valence-electron chi connectivity index (χ1n) is 12.6. The summed E-state index contributed by atoms with van der Waals surface area (Å²) in [6, 6.07) is 13.9. The molecule has 0 saturated heterocycles. The Morgan fingerprint density at radius 1 is 1.03 bits per heavy atom. The molecule has 0 bridgehead atoms. The zero-order valence-electron chi connectivity index (χ0n) is 21.7. The van der Waals surface area contributed by atoms with Crippen molar-refractivity contribution in [2.24, 2.45) is 5.10 Å². The molecule has 0 atom stereocenters. The minimum atomic E-state index is -0.222. The standard InChI is InChI=1S/C30H31N3O4/c1-18-13-14-23-22(17-36-28(23)19(18)2)15-26(34)32-31-24-11-8-12-25-27(24)20(3)29(37-25)30(35)33(4)16-21-9-6-5-7-10-21/h5-7,9-10,13-14,17H,8,11-12,15-16H2,1-4H3,(H,32,34)/b31-24+. The number of furan rings is 2. The number of hydrazone groups is 1. The summed E-state index contributed by atoms with van der Waals surface area (Å²) in [5.74, 6) is 0.692. The fourth-order valence-corrected chi connectivity index (χ4v) is 4.95. The van der Waals surface area contributed by atoms with E-state index in [1.165, 1.54) is 0 Å². The smallest absolute Gasteiger partial charge is 0.289 e. The van der Waals surface area contributed by atoms with Crippen molar-refractivity contribution >= 4 is 28.5 Å². The maximum absolute atomic E-state index is 13.2. The monoisotopic (exact) mass is 497 g/mol. The zero-order chi connectivity index (χ0) is 26.1. The van der Waals surface area contributed by atoms with E-state index in [9.17, 15) is 9.59 Å². The highest BCUT2D eigenvalue weighted by molar-refractivity contribution is 6.06. The number of amides is 2. The molecule has 0 fully saturated rings. The van der Waals surface area contributed by atoms with E-state index in [1.807, 2.05) is 63.2 Å². The molecule has 1 aliphatic carbocycles. The van der Waals surface area contributed by atoms with Gasteiger partial charge >= 0.3 is 0 Å². The van der Waals surface area contributed by atoms with Crippen LogP contribution < -0.4 is 5.43 Å². The molecule has 2 aromatic carbocycles. The molecule has 0 unspecified atom stereocenters. The Kier molecular flexibility index (Phi) is 6.70. The lowest BCUT2D eigenvalue weighted by Gasteiger charge is -2.16. The van der Waals surface area contributed by atoms with Gasteiger partial charge in [-0.3, -0.25) is 9.59 Å². The van der Waals surface area contributed by atoms with Crippen molar-refractivity contribution in [3.8, 4) is 0 Å². The SMILES string of the molecule is Cc1ccc2c(CC(=O)N/N=C3\CCCc4oc(C(=O)N(C)Cc5ccccc5)c(C)c43)coc2c1C. The fraction of sp³-hybridized carbons (Fsp3) is 0.300. The van der Waals surface area contributed by atoms with Crippen LogP contribution in [-0.2, 0) is 24.2 Å². The molecule has 2 aromatic heterocycles. The maximum atomic E-state index is 13.2. The van der Waals surface area contributed by atoms with Crippen LogP contribution in [0.5, 0.6) is 0 Å². The van der Waals surface area contributed by atoms with E-state index in [0.717, 1.165) is 68.7 Å². The van der Waals surface area contributed by atoms with Gasteiger partial charge in [0.1, 0.15) is 11.3 Å². The van der Waals surface area contributed by atoms with Crippen LogP contribution in [0, 0.1) is 20.8 Å². The third-order valence-electron chi connectivity index (χ3n) is 7.14. The van der Waals surface area contributed by atoms with E-state index < -0.39 is 0 Å². The van der Waals surface area contributed by atoms with E-state index in [-0.39, 0.29) is 18.2 Å². The Morgan fingerprint density at radius 3 is 2.59 bits per heavy atom. The van der Waals surface area contributed by atoms with Crippen LogP contribution in [-0.4, -0.2) is 29.5 Å². The molecule has 0 radical (unpaired) electrons. The lowest BCUT2D eigenvalue weighted by molar-refractivity contribution is -0.120. The summed E-state index contributed by atoms with van der Waals surface area (Å²) < 4.78 is 11.8. The lowest BCUT2D eigenvalue weighted by Crippen LogP contribution is -2.26. The largest absolute Gasteiger partial charge is 0.464 e. The molecule has 2 amide bonds. The number of carbonyl (C=O) groups is 2. The third kappa shape index (κ3) is 4.81. The minimum absolute atomic E-state index is 0.164. The van der Waals surface area contributed by atoms with Crippen molar-refractivity contribution in [2.75, 3.05) is 7.05 Å². The first-order valence-corrected chi connectivity index (χ1v) is 12.6. The van der Waals surface area contributed by atoms with Gasteiger partial charge < -0.3 is 13.7 Å². The highest BCUT2D eigenvalue weighted by Crippen LogP contribution is 2.31. The summed E-state index contributed by atoms with van der Waals surface area (Å²) in [5.41, 5.74) is 9.97. The topological polar surface area (TPSA) is 88.0 Å². The summed E-state index contributed by atoms with van der Waals surface area (Å²) in [5, 5.41) is 5.41. The van der Waals surface area contributed by atoms with Crippen LogP contribution in [0.25, 0.3) is 11.0 Å². The van der Waals surface area contributed by atoms with Gasteiger partial charge in [-0.05, 0) is 50.3 Å². The molecule has 4 aromatic rings. The van der Waals surface area contributed by atoms with E-state index in [4.69, 9.17) is 8.83 Å². The Bertz CT molecular complexity index is 1510. The van der Waals surface area contributed by atoms with Crippen molar-refractivity contribution in [3.05, 3.63) is 93.6 Å². The summed E-state index contributed by atoms with van der Waals surface area (Å²) in [7, 11) is 1.77. The highest BCUT2D eigenvalue weighted by Gasteiger charge is 2.29. The minimum Gasteiger partial charge on any atom is -0.464 e. The molecule has 1 aliphatic rings. The van der Waals surface area contributed by atoms with Crippen molar-refractivity contribution in [3.63, 3.8) is 0 Å². The van der Waals surface area contributed by atoms with Crippen molar-refractivity contribution in [1.82, 2.24) is 10.3 Å². The van der Waals surface area contributed by atoms with Crippen LogP contribution in [0.3, 0.4) is 0 Å². The van der Waals surface area contributed by atoms with Gasteiger partial charge in [0.25, 0.3) is 5.91 Å². The predicted molar refractivity (Wildman–Crippen MR) is 143 cm³/mol.